The van der Waals surface area contributed by atoms with E-state index in [4.69, 9.17) is 11.6 Å². The molecule has 25 heavy (non-hydrogen) atoms. The van der Waals surface area contributed by atoms with Crippen LogP contribution >= 0.6 is 39.3 Å². The molecule has 4 rings (SSSR count). The molecular formula is C18H13BrClN3OS. The Morgan fingerprint density at radius 1 is 1.24 bits per heavy atom. The minimum Gasteiger partial charge on any atom is -0.325 e. The number of thioether (sulfide) groups is 1. The minimum atomic E-state index is -0.239. The van der Waals surface area contributed by atoms with Gasteiger partial charge in [0, 0.05) is 34.2 Å². The molecule has 0 saturated carbocycles. The molecule has 1 amide bonds. The topological polar surface area (TPSA) is 46.9 Å². The van der Waals surface area contributed by atoms with E-state index >= 15 is 0 Å². The van der Waals surface area contributed by atoms with Gasteiger partial charge in [-0.1, -0.05) is 51.4 Å². The van der Waals surface area contributed by atoms with Crippen LogP contribution in [0.25, 0.3) is 11.3 Å². The Kier molecular flexibility index (Phi) is 4.58. The Hall–Kier alpha value is -1.76. The van der Waals surface area contributed by atoms with E-state index in [-0.39, 0.29) is 5.91 Å². The van der Waals surface area contributed by atoms with Gasteiger partial charge in [0.05, 0.1) is 16.3 Å². The molecule has 2 heterocycles. The number of hydrogen-bond donors (Lipinski definition) is 1. The van der Waals surface area contributed by atoms with Gasteiger partial charge in [-0.3, -0.25) is 4.79 Å². The van der Waals surface area contributed by atoms with E-state index in [0.717, 1.165) is 33.2 Å². The molecule has 2 aromatic carbocycles. The summed E-state index contributed by atoms with van der Waals surface area (Å²) in [6, 6.07) is 12.9. The zero-order valence-corrected chi connectivity index (χ0v) is 16.2. The van der Waals surface area contributed by atoms with Gasteiger partial charge in [-0.15, -0.1) is 0 Å². The van der Waals surface area contributed by atoms with E-state index in [2.05, 4.69) is 37.0 Å². The summed E-state index contributed by atoms with van der Waals surface area (Å²) < 4.78 is 2.98. The Morgan fingerprint density at radius 3 is 2.80 bits per heavy atom. The van der Waals surface area contributed by atoms with Crippen LogP contribution in [0.4, 0.5) is 5.69 Å². The lowest BCUT2D eigenvalue weighted by Gasteiger charge is -2.08. The van der Waals surface area contributed by atoms with Crippen molar-refractivity contribution in [2.24, 2.45) is 0 Å². The third kappa shape index (κ3) is 3.47. The Labute approximate surface area is 162 Å². The van der Waals surface area contributed by atoms with Crippen LogP contribution in [0.3, 0.4) is 0 Å². The van der Waals surface area contributed by atoms with Crippen LogP contribution in [0.1, 0.15) is 10.4 Å². The Bertz CT molecular complexity index is 934. The highest BCUT2D eigenvalue weighted by Gasteiger charge is 2.15. The predicted molar refractivity (Wildman–Crippen MR) is 105 cm³/mol. The maximum absolute atomic E-state index is 12.4. The van der Waals surface area contributed by atoms with Gasteiger partial charge in [-0.25, -0.2) is 4.98 Å². The summed E-state index contributed by atoms with van der Waals surface area (Å²) in [6.45, 7) is 1.01. The number of fused-ring (bicyclic) bond motifs is 1. The standard InChI is InChI=1S/C18H13BrClN3OS/c19-12-3-6-15(20)14(9-12)17(24)21-13-4-1-11(2-5-13)16-10-23-7-8-25-18(23)22-16/h1-6,9-10H,7-8H2,(H,21,24). The summed E-state index contributed by atoms with van der Waals surface area (Å²) in [5.74, 6) is 0.850. The normalized spacial score (nSPS) is 12.9. The van der Waals surface area contributed by atoms with Crippen LogP contribution in [0, 0.1) is 0 Å². The smallest absolute Gasteiger partial charge is 0.257 e. The Morgan fingerprint density at radius 2 is 2.04 bits per heavy atom. The van der Waals surface area contributed by atoms with Gasteiger partial charge in [-0.05, 0) is 30.3 Å². The summed E-state index contributed by atoms with van der Waals surface area (Å²) in [7, 11) is 0. The number of aryl methyl sites for hydroxylation is 1. The molecule has 0 aliphatic carbocycles. The first-order chi connectivity index (χ1) is 12.1. The maximum Gasteiger partial charge on any atom is 0.257 e. The Balaban J connectivity index is 1.52. The summed E-state index contributed by atoms with van der Waals surface area (Å²) in [5.41, 5.74) is 3.13. The lowest BCUT2D eigenvalue weighted by atomic mass is 10.1. The van der Waals surface area contributed by atoms with Gasteiger partial charge in [0.15, 0.2) is 5.16 Å². The van der Waals surface area contributed by atoms with E-state index in [1.165, 1.54) is 0 Å². The summed E-state index contributed by atoms with van der Waals surface area (Å²) in [5, 5.41) is 4.36. The molecule has 0 unspecified atom stereocenters. The first-order valence-electron chi connectivity index (χ1n) is 7.67. The number of carbonyl (C=O) groups is 1. The predicted octanol–water partition coefficient (Wildman–Crippen LogP) is 5.32. The highest BCUT2D eigenvalue weighted by atomic mass is 79.9. The average molecular weight is 435 g/mol. The molecule has 126 valence electrons. The van der Waals surface area contributed by atoms with Crippen LogP contribution in [0.15, 0.2) is 58.3 Å². The first kappa shape index (κ1) is 16.7. The molecule has 3 aromatic rings. The minimum absolute atomic E-state index is 0.239. The lowest BCUT2D eigenvalue weighted by Crippen LogP contribution is -2.12. The number of nitrogens with zero attached hydrogens (tertiary/aromatic N) is 2. The summed E-state index contributed by atoms with van der Waals surface area (Å²) in [4.78, 5) is 17.0. The van der Waals surface area contributed by atoms with E-state index in [0.29, 0.717) is 16.3 Å². The number of rotatable bonds is 3. The molecule has 7 heteroatoms. The van der Waals surface area contributed by atoms with Crippen molar-refractivity contribution in [2.45, 2.75) is 11.7 Å². The van der Waals surface area contributed by atoms with Crippen molar-refractivity contribution in [1.29, 1.82) is 0 Å². The van der Waals surface area contributed by atoms with E-state index in [1.54, 1.807) is 30.0 Å². The summed E-state index contributed by atoms with van der Waals surface area (Å²) in [6.07, 6.45) is 2.07. The number of carbonyl (C=O) groups excluding carboxylic acids is 1. The van der Waals surface area contributed by atoms with Crippen molar-refractivity contribution in [3.05, 3.63) is 63.7 Å². The number of benzene rings is 2. The molecule has 1 aliphatic rings. The average Bonchev–Trinajstić information content (AvgIpc) is 3.19. The third-order valence-corrected chi connectivity index (χ3v) is 5.71. The summed E-state index contributed by atoms with van der Waals surface area (Å²) >= 11 is 11.2. The van der Waals surface area contributed by atoms with Gasteiger partial charge in [-0.2, -0.15) is 0 Å². The molecule has 1 N–H and O–H groups in total. The molecular weight excluding hydrogens is 422 g/mol. The second-order valence-corrected chi connectivity index (χ2v) is 7.99. The lowest BCUT2D eigenvalue weighted by molar-refractivity contribution is 0.102. The number of nitrogens with one attached hydrogen (secondary N) is 1. The van der Waals surface area contributed by atoms with E-state index in [1.807, 2.05) is 24.3 Å². The number of hydrogen-bond acceptors (Lipinski definition) is 3. The highest BCUT2D eigenvalue weighted by Crippen LogP contribution is 2.29. The van der Waals surface area contributed by atoms with Crippen molar-refractivity contribution in [1.82, 2.24) is 9.55 Å². The van der Waals surface area contributed by atoms with Crippen LogP contribution in [0.2, 0.25) is 5.02 Å². The second-order valence-electron chi connectivity index (χ2n) is 5.61. The van der Waals surface area contributed by atoms with Crippen molar-refractivity contribution in [2.75, 3.05) is 11.1 Å². The maximum atomic E-state index is 12.4. The number of imidazole rings is 1. The van der Waals surface area contributed by atoms with E-state index in [9.17, 15) is 4.79 Å². The molecule has 4 nitrogen and oxygen atoms in total. The van der Waals surface area contributed by atoms with Crippen molar-refractivity contribution >= 4 is 50.9 Å². The quantitative estimate of drug-likeness (QED) is 0.606. The molecule has 0 saturated heterocycles. The fourth-order valence-corrected chi connectivity index (χ4v) is 4.15. The molecule has 0 bridgehead atoms. The third-order valence-electron chi connectivity index (χ3n) is 3.91. The number of aromatic nitrogens is 2. The fourth-order valence-electron chi connectivity index (χ4n) is 2.64. The van der Waals surface area contributed by atoms with E-state index < -0.39 is 0 Å². The highest BCUT2D eigenvalue weighted by molar-refractivity contribution is 9.10. The largest absolute Gasteiger partial charge is 0.325 e. The van der Waals surface area contributed by atoms with Crippen molar-refractivity contribution in [3.8, 4) is 11.3 Å². The molecule has 1 aromatic heterocycles. The molecule has 0 spiro atoms. The zero-order chi connectivity index (χ0) is 17.4. The van der Waals surface area contributed by atoms with Gasteiger partial charge < -0.3 is 9.88 Å². The first-order valence-corrected chi connectivity index (χ1v) is 9.82. The van der Waals surface area contributed by atoms with Crippen molar-refractivity contribution in [3.63, 3.8) is 0 Å². The molecule has 0 fully saturated rings. The SMILES string of the molecule is O=C(Nc1ccc(-c2cn3c(n2)SCC3)cc1)c1cc(Br)ccc1Cl. The monoisotopic (exact) mass is 433 g/mol. The van der Waals surface area contributed by atoms with Crippen molar-refractivity contribution < 1.29 is 4.79 Å². The molecule has 1 aliphatic heterocycles. The number of anilines is 1. The van der Waals surface area contributed by atoms with Crippen LogP contribution in [-0.4, -0.2) is 21.2 Å². The van der Waals surface area contributed by atoms with Crippen LogP contribution in [0.5, 0.6) is 0 Å². The van der Waals surface area contributed by atoms with Gasteiger partial charge in [0.2, 0.25) is 0 Å². The van der Waals surface area contributed by atoms with Gasteiger partial charge >= 0.3 is 0 Å². The van der Waals surface area contributed by atoms with Crippen LogP contribution in [-0.2, 0) is 6.54 Å². The molecule has 0 radical (unpaired) electrons. The number of amides is 1. The fraction of sp³-hybridized carbons (Fsp3) is 0.111. The van der Waals surface area contributed by atoms with Gasteiger partial charge in [0.1, 0.15) is 0 Å². The van der Waals surface area contributed by atoms with Crippen LogP contribution < -0.4 is 5.32 Å². The van der Waals surface area contributed by atoms with Gasteiger partial charge in [0.25, 0.3) is 5.91 Å². The number of halogens is 2. The second kappa shape index (κ2) is 6.86. The molecule has 0 atom stereocenters. The zero-order valence-electron chi connectivity index (χ0n) is 13.0.